The van der Waals surface area contributed by atoms with E-state index in [4.69, 9.17) is 4.74 Å². The number of carbonyl (C=O) groups is 1. The van der Waals surface area contributed by atoms with E-state index in [1.165, 1.54) is 12.8 Å². The van der Waals surface area contributed by atoms with Gasteiger partial charge in [-0.15, -0.1) is 0 Å². The second-order valence-corrected chi connectivity index (χ2v) is 5.17. The Kier molecular flexibility index (Phi) is 3.64. The molecule has 0 amide bonds. The van der Waals surface area contributed by atoms with Gasteiger partial charge in [-0.05, 0) is 42.5 Å². The van der Waals surface area contributed by atoms with E-state index in [2.05, 4.69) is 15.9 Å². The van der Waals surface area contributed by atoms with Crippen LogP contribution in [0.4, 0.5) is 0 Å². The number of hydrogen-bond acceptors (Lipinski definition) is 2. The maximum atomic E-state index is 11.8. The van der Waals surface area contributed by atoms with E-state index < -0.39 is 0 Å². The fourth-order valence-corrected chi connectivity index (χ4v) is 2.13. The molecule has 86 valence electrons. The van der Waals surface area contributed by atoms with Gasteiger partial charge >= 0.3 is 0 Å². The predicted octanol–water partition coefficient (Wildman–Crippen LogP) is 3.37. The summed E-state index contributed by atoms with van der Waals surface area (Å²) >= 11 is 3.46. The summed E-state index contributed by atoms with van der Waals surface area (Å²) in [5, 5.41) is 0. The Hall–Kier alpha value is -0.830. The van der Waals surface area contributed by atoms with Gasteiger partial charge in [-0.2, -0.15) is 0 Å². The third-order valence-electron chi connectivity index (χ3n) is 2.85. The van der Waals surface area contributed by atoms with Crippen LogP contribution < -0.4 is 4.74 Å². The molecule has 16 heavy (non-hydrogen) atoms. The van der Waals surface area contributed by atoms with Crippen molar-refractivity contribution in [1.82, 2.24) is 0 Å². The lowest BCUT2D eigenvalue weighted by molar-refractivity contribution is -0.118. The fourth-order valence-electron chi connectivity index (χ4n) is 1.74. The number of benzene rings is 1. The van der Waals surface area contributed by atoms with Crippen LogP contribution in [0.15, 0.2) is 22.7 Å². The van der Waals surface area contributed by atoms with Crippen molar-refractivity contribution in [2.75, 3.05) is 7.11 Å². The molecule has 3 heteroatoms. The summed E-state index contributed by atoms with van der Waals surface area (Å²) < 4.78 is 6.14. The third kappa shape index (κ3) is 3.08. The first-order valence-electron chi connectivity index (χ1n) is 5.53. The zero-order valence-electron chi connectivity index (χ0n) is 9.33. The van der Waals surface area contributed by atoms with Crippen molar-refractivity contribution in [1.29, 1.82) is 0 Å². The van der Waals surface area contributed by atoms with Crippen molar-refractivity contribution in [2.24, 2.45) is 5.92 Å². The van der Waals surface area contributed by atoms with Gasteiger partial charge in [0.05, 0.1) is 7.11 Å². The molecule has 2 nitrogen and oxygen atoms in total. The Labute approximate surface area is 104 Å². The molecule has 1 fully saturated rings. The van der Waals surface area contributed by atoms with E-state index in [0.29, 0.717) is 18.1 Å². The van der Waals surface area contributed by atoms with E-state index in [-0.39, 0.29) is 0 Å². The summed E-state index contributed by atoms with van der Waals surface area (Å²) in [5.74, 6) is 1.80. The SMILES string of the molecule is COc1ccc(Br)c(CC(=O)CC2CC2)c1. The normalized spacial score (nSPS) is 14.9. The van der Waals surface area contributed by atoms with E-state index in [1.54, 1.807) is 7.11 Å². The number of Topliss-reactive ketones (excluding diaryl/α,β-unsaturated/α-hetero) is 1. The minimum absolute atomic E-state index is 0.330. The van der Waals surface area contributed by atoms with Crippen molar-refractivity contribution in [2.45, 2.75) is 25.7 Å². The molecule has 1 saturated carbocycles. The molecule has 0 aliphatic heterocycles. The second-order valence-electron chi connectivity index (χ2n) is 4.32. The zero-order chi connectivity index (χ0) is 11.5. The Morgan fingerprint density at radius 2 is 2.25 bits per heavy atom. The van der Waals surface area contributed by atoms with Crippen LogP contribution in [0.2, 0.25) is 0 Å². The molecule has 0 unspecified atom stereocenters. The summed E-state index contributed by atoms with van der Waals surface area (Å²) in [6.07, 6.45) is 3.70. The van der Waals surface area contributed by atoms with Crippen LogP contribution >= 0.6 is 15.9 Å². The number of ketones is 1. The Morgan fingerprint density at radius 1 is 1.50 bits per heavy atom. The van der Waals surface area contributed by atoms with E-state index in [1.807, 2.05) is 18.2 Å². The van der Waals surface area contributed by atoms with Crippen LogP contribution in [0.25, 0.3) is 0 Å². The van der Waals surface area contributed by atoms with Gasteiger partial charge in [-0.25, -0.2) is 0 Å². The molecule has 0 aromatic heterocycles. The monoisotopic (exact) mass is 282 g/mol. The van der Waals surface area contributed by atoms with Gasteiger partial charge in [0.25, 0.3) is 0 Å². The number of halogens is 1. The van der Waals surface area contributed by atoms with Gasteiger partial charge in [-0.3, -0.25) is 4.79 Å². The van der Waals surface area contributed by atoms with Crippen LogP contribution in [-0.2, 0) is 11.2 Å². The van der Waals surface area contributed by atoms with Crippen molar-refractivity contribution in [3.8, 4) is 5.75 Å². The van der Waals surface area contributed by atoms with Crippen LogP contribution in [0.5, 0.6) is 5.75 Å². The number of hydrogen-bond donors (Lipinski definition) is 0. The highest BCUT2D eigenvalue weighted by molar-refractivity contribution is 9.10. The van der Waals surface area contributed by atoms with Gasteiger partial charge in [0.2, 0.25) is 0 Å². The molecule has 1 aliphatic rings. The van der Waals surface area contributed by atoms with Crippen molar-refractivity contribution in [3.05, 3.63) is 28.2 Å². The topological polar surface area (TPSA) is 26.3 Å². The molecule has 0 spiro atoms. The van der Waals surface area contributed by atoms with Gasteiger partial charge in [-0.1, -0.05) is 15.9 Å². The number of rotatable bonds is 5. The molecule has 0 saturated heterocycles. The lowest BCUT2D eigenvalue weighted by Gasteiger charge is -2.06. The molecule has 1 aromatic rings. The molecule has 1 aromatic carbocycles. The highest BCUT2D eigenvalue weighted by Gasteiger charge is 2.24. The molecular formula is C13H15BrO2. The van der Waals surface area contributed by atoms with Crippen LogP contribution in [0.3, 0.4) is 0 Å². The molecule has 0 N–H and O–H groups in total. The average molecular weight is 283 g/mol. The molecular weight excluding hydrogens is 268 g/mol. The molecule has 1 aliphatic carbocycles. The summed E-state index contributed by atoms with van der Waals surface area (Å²) in [5.41, 5.74) is 1.02. The Morgan fingerprint density at radius 3 is 2.88 bits per heavy atom. The lowest BCUT2D eigenvalue weighted by atomic mass is 10.1. The molecule has 0 atom stereocenters. The Bertz CT molecular complexity index is 397. The zero-order valence-corrected chi connectivity index (χ0v) is 10.9. The summed E-state index contributed by atoms with van der Waals surface area (Å²) in [6.45, 7) is 0. The quantitative estimate of drug-likeness (QED) is 0.828. The smallest absolute Gasteiger partial charge is 0.137 e. The molecule has 0 radical (unpaired) electrons. The highest BCUT2D eigenvalue weighted by atomic mass is 79.9. The highest BCUT2D eigenvalue weighted by Crippen LogP contribution is 2.33. The van der Waals surface area contributed by atoms with Gasteiger partial charge < -0.3 is 4.74 Å². The molecule has 0 bridgehead atoms. The van der Waals surface area contributed by atoms with Crippen LogP contribution in [0, 0.1) is 5.92 Å². The fraction of sp³-hybridized carbons (Fsp3) is 0.462. The molecule has 2 rings (SSSR count). The number of ether oxygens (including phenoxy) is 1. The van der Waals surface area contributed by atoms with Gasteiger partial charge in [0.15, 0.2) is 0 Å². The van der Waals surface area contributed by atoms with Crippen LogP contribution in [-0.4, -0.2) is 12.9 Å². The van der Waals surface area contributed by atoms with Gasteiger partial charge in [0.1, 0.15) is 11.5 Å². The first kappa shape index (κ1) is 11.6. The predicted molar refractivity (Wildman–Crippen MR) is 66.7 cm³/mol. The van der Waals surface area contributed by atoms with E-state index >= 15 is 0 Å². The number of methoxy groups -OCH3 is 1. The van der Waals surface area contributed by atoms with E-state index in [0.717, 1.165) is 22.2 Å². The molecule has 0 heterocycles. The maximum absolute atomic E-state index is 11.8. The van der Waals surface area contributed by atoms with Crippen molar-refractivity contribution < 1.29 is 9.53 Å². The van der Waals surface area contributed by atoms with Crippen molar-refractivity contribution >= 4 is 21.7 Å². The summed E-state index contributed by atoms with van der Waals surface area (Å²) in [4.78, 5) is 11.8. The first-order valence-corrected chi connectivity index (χ1v) is 6.32. The van der Waals surface area contributed by atoms with E-state index in [9.17, 15) is 4.79 Å². The maximum Gasteiger partial charge on any atom is 0.137 e. The Balaban J connectivity index is 2.03. The summed E-state index contributed by atoms with van der Waals surface area (Å²) in [6, 6.07) is 5.74. The first-order chi connectivity index (χ1) is 7.69. The van der Waals surface area contributed by atoms with Crippen molar-refractivity contribution in [3.63, 3.8) is 0 Å². The number of carbonyl (C=O) groups excluding carboxylic acids is 1. The minimum atomic E-state index is 0.330. The largest absolute Gasteiger partial charge is 0.497 e. The third-order valence-corrected chi connectivity index (χ3v) is 3.63. The minimum Gasteiger partial charge on any atom is -0.497 e. The van der Waals surface area contributed by atoms with Gasteiger partial charge in [0, 0.05) is 17.3 Å². The van der Waals surface area contributed by atoms with Crippen LogP contribution in [0.1, 0.15) is 24.8 Å². The standard InChI is InChI=1S/C13H15BrO2/c1-16-12-4-5-13(14)10(8-12)7-11(15)6-9-2-3-9/h4-5,8-9H,2-3,6-7H2,1H3. The summed E-state index contributed by atoms with van der Waals surface area (Å²) in [7, 11) is 1.64. The lowest BCUT2D eigenvalue weighted by Crippen LogP contribution is -2.04. The average Bonchev–Trinajstić information content (AvgIpc) is 3.05. The second kappa shape index (κ2) is 5.00.